The molecule has 1 aliphatic heterocycles. The smallest absolute Gasteiger partial charge is 0.366 e. The number of pyridine rings is 1. The number of nitrogens with one attached hydrogen (secondary N) is 2. The number of halogens is 3. The Morgan fingerprint density at radius 3 is 2.96 bits per heavy atom. The van der Waals surface area contributed by atoms with Crippen LogP contribution in [0.25, 0.3) is 11.2 Å². The SMILES string of the molecule is FC(F)(F)CNc1ncc2c(n1)NCC=C2c1ccc2nccn2c1. The van der Waals surface area contributed by atoms with Crippen molar-refractivity contribution in [3.63, 3.8) is 0 Å². The summed E-state index contributed by atoms with van der Waals surface area (Å²) in [6, 6.07) is 3.84. The Labute approximate surface area is 140 Å². The zero-order chi connectivity index (χ0) is 17.4. The summed E-state index contributed by atoms with van der Waals surface area (Å²) in [5, 5.41) is 5.26. The first-order valence-electron chi connectivity index (χ1n) is 7.55. The van der Waals surface area contributed by atoms with E-state index in [1.807, 2.05) is 35.0 Å². The molecule has 25 heavy (non-hydrogen) atoms. The Morgan fingerprint density at radius 2 is 2.12 bits per heavy atom. The van der Waals surface area contributed by atoms with Crippen LogP contribution in [0.3, 0.4) is 0 Å². The number of nitrogens with zero attached hydrogens (tertiary/aromatic N) is 4. The number of hydrogen-bond acceptors (Lipinski definition) is 5. The van der Waals surface area contributed by atoms with Crippen LogP contribution in [0.2, 0.25) is 0 Å². The average molecular weight is 346 g/mol. The van der Waals surface area contributed by atoms with Gasteiger partial charge < -0.3 is 15.0 Å². The van der Waals surface area contributed by atoms with E-state index in [1.165, 1.54) is 6.20 Å². The van der Waals surface area contributed by atoms with Gasteiger partial charge in [-0.25, -0.2) is 9.97 Å². The van der Waals surface area contributed by atoms with Gasteiger partial charge in [0, 0.05) is 36.9 Å². The normalized spacial score (nSPS) is 14.0. The molecule has 4 heterocycles. The third-order valence-electron chi connectivity index (χ3n) is 3.80. The van der Waals surface area contributed by atoms with E-state index in [0.717, 1.165) is 22.3 Å². The Hall–Kier alpha value is -3.10. The quantitative estimate of drug-likeness (QED) is 0.763. The van der Waals surface area contributed by atoms with Crippen LogP contribution in [-0.4, -0.2) is 38.6 Å². The van der Waals surface area contributed by atoms with Crippen molar-refractivity contribution in [2.45, 2.75) is 6.18 Å². The second-order valence-electron chi connectivity index (χ2n) is 5.53. The van der Waals surface area contributed by atoms with Gasteiger partial charge in [-0.05, 0) is 23.3 Å². The third-order valence-corrected chi connectivity index (χ3v) is 3.80. The molecular formula is C16H13F3N6. The fraction of sp³-hybridized carbons (Fsp3) is 0.188. The highest BCUT2D eigenvalue weighted by Crippen LogP contribution is 2.31. The van der Waals surface area contributed by atoms with Crippen LogP contribution in [0.1, 0.15) is 11.1 Å². The lowest BCUT2D eigenvalue weighted by Gasteiger charge is -2.19. The maximum Gasteiger partial charge on any atom is 0.405 e. The second-order valence-corrected chi connectivity index (χ2v) is 5.53. The zero-order valence-corrected chi connectivity index (χ0v) is 12.9. The summed E-state index contributed by atoms with van der Waals surface area (Å²) in [5.74, 6) is 0.442. The molecule has 0 atom stereocenters. The molecule has 0 radical (unpaired) electrons. The lowest BCUT2D eigenvalue weighted by atomic mass is 9.98. The second kappa shape index (κ2) is 5.76. The third kappa shape index (κ3) is 3.12. The van der Waals surface area contributed by atoms with Gasteiger partial charge >= 0.3 is 6.18 Å². The van der Waals surface area contributed by atoms with Crippen LogP contribution >= 0.6 is 0 Å². The molecule has 0 bridgehead atoms. The molecule has 0 amide bonds. The van der Waals surface area contributed by atoms with Crippen LogP contribution in [-0.2, 0) is 0 Å². The standard InChI is InChI=1S/C16H13F3N6/c17-16(18,19)9-23-15-22-7-12-11(3-4-21-14(12)24-15)10-1-2-13-20-5-6-25(13)8-10/h1-3,5-8H,4,9H2,(H2,21,22,23,24). The van der Waals surface area contributed by atoms with E-state index < -0.39 is 12.7 Å². The van der Waals surface area contributed by atoms with Gasteiger partial charge in [-0.15, -0.1) is 0 Å². The molecule has 0 unspecified atom stereocenters. The molecular weight excluding hydrogens is 333 g/mol. The molecule has 128 valence electrons. The Balaban J connectivity index is 1.65. The molecule has 9 heteroatoms. The van der Waals surface area contributed by atoms with E-state index in [4.69, 9.17) is 0 Å². The summed E-state index contributed by atoms with van der Waals surface area (Å²) in [6.45, 7) is -0.647. The summed E-state index contributed by atoms with van der Waals surface area (Å²) in [7, 11) is 0. The van der Waals surface area contributed by atoms with Crippen LogP contribution in [0.5, 0.6) is 0 Å². The number of alkyl halides is 3. The fourth-order valence-corrected chi connectivity index (χ4v) is 2.69. The molecule has 6 nitrogen and oxygen atoms in total. The number of anilines is 2. The van der Waals surface area contributed by atoms with E-state index in [9.17, 15) is 13.2 Å². The molecule has 3 aromatic rings. The van der Waals surface area contributed by atoms with E-state index in [1.54, 1.807) is 6.20 Å². The zero-order valence-electron chi connectivity index (χ0n) is 12.9. The van der Waals surface area contributed by atoms with Crippen molar-refractivity contribution in [1.29, 1.82) is 0 Å². The summed E-state index contributed by atoms with van der Waals surface area (Å²) in [6.07, 6.45) is 4.70. The highest BCUT2D eigenvalue weighted by molar-refractivity contribution is 5.87. The van der Waals surface area contributed by atoms with E-state index in [-0.39, 0.29) is 5.95 Å². The molecule has 0 spiro atoms. The lowest BCUT2D eigenvalue weighted by Crippen LogP contribution is -2.23. The minimum absolute atomic E-state index is 0.0603. The number of rotatable bonds is 3. The predicted octanol–water partition coefficient (Wildman–Crippen LogP) is 2.96. The van der Waals surface area contributed by atoms with Crippen LogP contribution in [0.4, 0.5) is 24.9 Å². The maximum absolute atomic E-state index is 12.3. The number of aromatic nitrogens is 4. The number of hydrogen-bond donors (Lipinski definition) is 2. The van der Waals surface area contributed by atoms with Crippen LogP contribution < -0.4 is 10.6 Å². The Bertz CT molecular complexity index is 960. The van der Waals surface area contributed by atoms with Crippen molar-refractivity contribution in [2.24, 2.45) is 0 Å². The summed E-state index contributed by atoms with van der Waals surface area (Å²) in [4.78, 5) is 12.4. The highest BCUT2D eigenvalue weighted by atomic mass is 19.4. The van der Waals surface area contributed by atoms with Gasteiger partial charge in [0.05, 0.1) is 0 Å². The van der Waals surface area contributed by atoms with Gasteiger partial charge in [0.25, 0.3) is 0 Å². The van der Waals surface area contributed by atoms with Crippen molar-refractivity contribution in [1.82, 2.24) is 19.4 Å². The van der Waals surface area contributed by atoms with Gasteiger partial charge in [0.15, 0.2) is 0 Å². The van der Waals surface area contributed by atoms with E-state index in [0.29, 0.717) is 12.4 Å². The molecule has 0 saturated heterocycles. The van der Waals surface area contributed by atoms with E-state index >= 15 is 0 Å². The average Bonchev–Trinajstić information content (AvgIpc) is 3.06. The first-order chi connectivity index (χ1) is 12.0. The molecule has 3 aromatic heterocycles. The molecule has 0 saturated carbocycles. The molecule has 0 aromatic carbocycles. The molecule has 1 aliphatic rings. The van der Waals surface area contributed by atoms with Gasteiger partial charge in [-0.2, -0.15) is 18.2 Å². The first kappa shape index (κ1) is 15.4. The van der Waals surface area contributed by atoms with Crippen LogP contribution in [0, 0.1) is 0 Å². The fourth-order valence-electron chi connectivity index (χ4n) is 2.69. The van der Waals surface area contributed by atoms with Gasteiger partial charge in [0.2, 0.25) is 5.95 Å². The van der Waals surface area contributed by atoms with Gasteiger partial charge in [-0.1, -0.05) is 6.08 Å². The monoisotopic (exact) mass is 346 g/mol. The molecule has 2 N–H and O–H groups in total. The number of imidazole rings is 1. The van der Waals surface area contributed by atoms with Crippen molar-refractivity contribution in [3.05, 3.63) is 54.1 Å². The van der Waals surface area contributed by atoms with Gasteiger partial charge in [-0.3, -0.25) is 0 Å². The molecule has 0 aliphatic carbocycles. The lowest BCUT2D eigenvalue weighted by molar-refractivity contribution is -0.115. The van der Waals surface area contributed by atoms with Crippen molar-refractivity contribution < 1.29 is 13.2 Å². The summed E-state index contributed by atoms with van der Waals surface area (Å²) >= 11 is 0. The summed E-state index contributed by atoms with van der Waals surface area (Å²) < 4.78 is 38.8. The largest absolute Gasteiger partial charge is 0.405 e. The topological polar surface area (TPSA) is 67.1 Å². The highest BCUT2D eigenvalue weighted by Gasteiger charge is 2.27. The van der Waals surface area contributed by atoms with Crippen molar-refractivity contribution in [2.75, 3.05) is 23.7 Å². The van der Waals surface area contributed by atoms with E-state index in [2.05, 4.69) is 25.6 Å². The minimum Gasteiger partial charge on any atom is -0.366 e. The molecule has 0 fully saturated rings. The minimum atomic E-state index is -4.32. The maximum atomic E-state index is 12.3. The van der Waals surface area contributed by atoms with Gasteiger partial charge in [0.1, 0.15) is 18.0 Å². The van der Waals surface area contributed by atoms with Crippen LogP contribution in [0.15, 0.2) is 43.0 Å². The predicted molar refractivity (Wildman–Crippen MR) is 87.3 cm³/mol. The number of fused-ring (bicyclic) bond motifs is 2. The molecule has 4 rings (SSSR count). The Morgan fingerprint density at radius 1 is 1.24 bits per heavy atom. The first-order valence-corrected chi connectivity index (χ1v) is 7.55. The summed E-state index contributed by atoms with van der Waals surface area (Å²) in [5.41, 5.74) is 3.45. The Kier molecular flexibility index (Phi) is 3.56. The van der Waals surface area contributed by atoms with Crippen molar-refractivity contribution >= 4 is 23.0 Å². The van der Waals surface area contributed by atoms with Crippen molar-refractivity contribution in [3.8, 4) is 0 Å².